The fraction of sp³-hybridized carbons (Fsp3) is 0.458. The van der Waals surface area contributed by atoms with E-state index in [1.54, 1.807) is 18.2 Å². The summed E-state index contributed by atoms with van der Waals surface area (Å²) in [7, 11) is -3.54. The zero-order valence-corrected chi connectivity index (χ0v) is 18.7. The zero-order chi connectivity index (χ0) is 21.6. The Morgan fingerprint density at radius 1 is 1.03 bits per heavy atom. The number of amides is 1. The highest BCUT2D eigenvalue weighted by atomic mass is 32.2. The molecule has 3 rings (SSSR count). The molecular weight excluding hydrogens is 396 g/mol. The van der Waals surface area contributed by atoms with Crippen molar-refractivity contribution in [3.63, 3.8) is 0 Å². The van der Waals surface area contributed by atoms with E-state index in [-0.39, 0.29) is 10.8 Å². The van der Waals surface area contributed by atoms with Crippen LogP contribution in [0.25, 0.3) is 0 Å². The van der Waals surface area contributed by atoms with Crippen LogP contribution in [0.15, 0.2) is 53.4 Å². The van der Waals surface area contributed by atoms with E-state index in [0.29, 0.717) is 31.1 Å². The average Bonchev–Trinajstić information content (AvgIpc) is 2.77. The maximum absolute atomic E-state index is 12.8. The molecule has 0 spiro atoms. The molecule has 5 nitrogen and oxygen atoms in total. The Bertz CT molecular complexity index is 947. The fourth-order valence-electron chi connectivity index (χ4n) is 3.72. The molecule has 1 amide bonds. The lowest BCUT2D eigenvalue weighted by Crippen LogP contribution is -2.35. The molecule has 0 saturated carbocycles. The first kappa shape index (κ1) is 22.5. The third-order valence-corrected chi connectivity index (χ3v) is 7.52. The van der Waals surface area contributed by atoms with E-state index >= 15 is 0 Å². The van der Waals surface area contributed by atoms with Crippen molar-refractivity contribution < 1.29 is 13.2 Å². The standard InChI is InChI=1S/C24H32N2O3S/c1-19(2)21-13-11-20(12-14-21)8-7-15-25-24(27)22-9-6-10-23(18-22)30(28,29)26-16-4-3-5-17-26/h6,9-14,18-19H,3-5,7-8,15-17H2,1-2H3,(H,25,27). The van der Waals surface area contributed by atoms with Gasteiger partial charge in [-0.2, -0.15) is 4.31 Å². The molecule has 0 unspecified atom stereocenters. The summed E-state index contributed by atoms with van der Waals surface area (Å²) in [5.41, 5.74) is 2.96. The molecular formula is C24H32N2O3S. The predicted octanol–water partition coefficient (Wildman–Crippen LogP) is 4.35. The Balaban J connectivity index is 1.53. The Labute approximate surface area is 180 Å². The Hall–Kier alpha value is -2.18. The summed E-state index contributed by atoms with van der Waals surface area (Å²) >= 11 is 0. The van der Waals surface area contributed by atoms with E-state index in [2.05, 4.69) is 43.4 Å². The largest absolute Gasteiger partial charge is 0.352 e. The highest BCUT2D eigenvalue weighted by Crippen LogP contribution is 2.21. The normalized spacial score (nSPS) is 15.3. The lowest BCUT2D eigenvalue weighted by Gasteiger charge is -2.26. The molecule has 1 fully saturated rings. The van der Waals surface area contributed by atoms with Gasteiger partial charge < -0.3 is 5.32 Å². The number of aryl methyl sites for hydroxylation is 1. The second kappa shape index (κ2) is 10.2. The Morgan fingerprint density at radius 3 is 2.40 bits per heavy atom. The van der Waals surface area contributed by atoms with Crippen LogP contribution in [0, 0.1) is 0 Å². The van der Waals surface area contributed by atoms with Gasteiger partial charge in [-0.25, -0.2) is 8.42 Å². The van der Waals surface area contributed by atoms with E-state index in [0.717, 1.165) is 32.1 Å². The van der Waals surface area contributed by atoms with Gasteiger partial charge in [0.05, 0.1) is 4.90 Å². The second-order valence-corrected chi connectivity index (χ2v) is 10.2. The molecule has 30 heavy (non-hydrogen) atoms. The summed E-state index contributed by atoms with van der Waals surface area (Å²) in [5, 5.41) is 2.91. The number of nitrogens with one attached hydrogen (secondary N) is 1. The zero-order valence-electron chi connectivity index (χ0n) is 17.9. The smallest absolute Gasteiger partial charge is 0.251 e. The summed E-state index contributed by atoms with van der Waals surface area (Å²) in [6.07, 6.45) is 4.57. The highest BCUT2D eigenvalue weighted by molar-refractivity contribution is 7.89. The number of sulfonamides is 1. The fourth-order valence-corrected chi connectivity index (χ4v) is 5.28. The maximum Gasteiger partial charge on any atom is 0.251 e. The molecule has 0 radical (unpaired) electrons. The molecule has 162 valence electrons. The Morgan fingerprint density at radius 2 is 1.73 bits per heavy atom. The van der Waals surface area contributed by atoms with Gasteiger partial charge in [-0.05, 0) is 60.9 Å². The van der Waals surface area contributed by atoms with Gasteiger partial charge in [-0.1, -0.05) is 50.6 Å². The monoisotopic (exact) mass is 428 g/mol. The first-order valence-corrected chi connectivity index (χ1v) is 12.3. The van der Waals surface area contributed by atoms with Crippen molar-refractivity contribution >= 4 is 15.9 Å². The van der Waals surface area contributed by atoms with Gasteiger partial charge >= 0.3 is 0 Å². The molecule has 0 aliphatic carbocycles. The quantitative estimate of drug-likeness (QED) is 0.636. The van der Waals surface area contributed by atoms with E-state index < -0.39 is 10.0 Å². The van der Waals surface area contributed by atoms with Gasteiger partial charge in [-0.3, -0.25) is 4.79 Å². The highest BCUT2D eigenvalue weighted by Gasteiger charge is 2.26. The average molecular weight is 429 g/mol. The van der Waals surface area contributed by atoms with E-state index in [9.17, 15) is 13.2 Å². The number of carbonyl (C=O) groups is 1. The van der Waals surface area contributed by atoms with Crippen LogP contribution < -0.4 is 5.32 Å². The van der Waals surface area contributed by atoms with Crippen LogP contribution in [-0.2, 0) is 16.4 Å². The van der Waals surface area contributed by atoms with Crippen molar-refractivity contribution in [2.24, 2.45) is 0 Å². The van der Waals surface area contributed by atoms with Crippen molar-refractivity contribution in [3.05, 3.63) is 65.2 Å². The van der Waals surface area contributed by atoms with Crippen LogP contribution in [0.5, 0.6) is 0 Å². The third kappa shape index (κ3) is 5.70. The number of hydrogen-bond donors (Lipinski definition) is 1. The molecule has 1 saturated heterocycles. The number of nitrogens with zero attached hydrogens (tertiary/aromatic N) is 1. The molecule has 1 aliphatic heterocycles. The summed E-state index contributed by atoms with van der Waals surface area (Å²) in [4.78, 5) is 12.7. The topological polar surface area (TPSA) is 66.5 Å². The number of rotatable bonds is 8. The summed E-state index contributed by atoms with van der Waals surface area (Å²) in [5.74, 6) is 0.286. The number of hydrogen-bond acceptors (Lipinski definition) is 3. The van der Waals surface area contributed by atoms with Crippen molar-refractivity contribution in [3.8, 4) is 0 Å². The van der Waals surface area contributed by atoms with Gasteiger partial charge in [0.1, 0.15) is 0 Å². The van der Waals surface area contributed by atoms with Crippen molar-refractivity contribution in [1.82, 2.24) is 9.62 Å². The van der Waals surface area contributed by atoms with E-state index in [4.69, 9.17) is 0 Å². The predicted molar refractivity (Wildman–Crippen MR) is 120 cm³/mol. The van der Waals surface area contributed by atoms with Crippen molar-refractivity contribution in [2.45, 2.75) is 56.8 Å². The van der Waals surface area contributed by atoms with Crippen LogP contribution in [0.3, 0.4) is 0 Å². The number of carbonyl (C=O) groups excluding carboxylic acids is 1. The van der Waals surface area contributed by atoms with E-state index in [1.165, 1.54) is 21.5 Å². The van der Waals surface area contributed by atoms with Crippen molar-refractivity contribution in [2.75, 3.05) is 19.6 Å². The number of piperidine rings is 1. The molecule has 0 atom stereocenters. The lowest BCUT2D eigenvalue weighted by atomic mass is 10.0. The molecule has 2 aromatic rings. The van der Waals surface area contributed by atoms with Crippen molar-refractivity contribution in [1.29, 1.82) is 0 Å². The Kier molecular flexibility index (Phi) is 7.67. The molecule has 1 aliphatic rings. The van der Waals surface area contributed by atoms with Gasteiger partial charge in [0.2, 0.25) is 10.0 Å². The first-order valence-electron chi connectivity index (χ1n) is 10.8. The molecule has 2 aromatic carbocycles. The van der Waals surface area contributed by atoms with Gasteiger partial charge in [0.15, 0.2) is 0 Å². The maximum atomic E-state index is 12.8. The van der Waals surface area contributed by atoms with Crippen LogP contribution in [-0.4, -0.2) is 38.3 Å². The SMILES string of the molecule is CC(C)c1ccc(CCCNC(=O)c2cccc(S(=O)(=O)N3CCCCC3)c2)cc1. The minimum Gasteiger partial charge on any atom is -0.352 e. The molecule has 0 aromatic heterocycles. The lowest BCUT2D eigenvalue weighted by molar-refractivity contribution is 0.0953. The molecule has 0 bridgehead atoms. The summed E-state index contributed by atoms with van der Waals surface area (Å²) < 4.78 is 27.2. The second-order valence-electron chi connectivity index (χ2n) is 8.25. The van der Waals surface area contributed by atoms with Crippen LogP contribution in [0.1, 0.15) is 66.9 Å². The minimum atomic E-state index is -3.54. The molecule has 6 heteroatoms. The first-order chi connectivity index (χ1) is 14.4. The van der Waals surface area contributed by atoms with Crippen LogP contribution in [0.2, 0.25) is 0 Å². The van der Waals surface area contributed by atoms with Crippen LogP contribution >= 0.6 is 0 Å². The summed E-state index contributed by atoms with van der Waals surface area (Å²) in [6.45, 7) is 6.01. The van der Waals surface area contributed by atoms with E-state index in [1.807, 2.05) is 0 Å². The number of benzene rings is 2. The molecule has 1 heterocycles. The molecule has 1 N–H and O–H groups in total. The summed E-state index contributed by atoms with van der Waals surface area (Å²) in [6, 6.07) is 15.0. The van der Waals surface area contributed by atoms with Crippen LogP contribution in [0.4, 0.5) is 0 Å². The van der Waals surface area contributed by atoms with Gasteiger partial charge in [0.25, 0.3) is 5.91 Å². The van der Waals surface area contributed by atoms with Gasteiger partial charge in [-0.15, -0.1) is 0 Å². The minimum absolute atomic E-state index is 0.197. The third-order valence-electron chi connectivity index (χ3n) is 5.62. The van der Waals surface area contributed by atoms with Gasteiger partial charge in [0, 0.05) is 25.2 Å².